The van der Waals surface area contributed by atoms with Crippen LogP contribution in [-0.2, 0) is 9.53 Å². The number of ether oxygens (including phenoxy) is 1. The molecule has 3 nitrogen and oxygen atoms in total. The molecule has 1 rings (SSSR count). The van der Waals surface area contributed by atoms with Crippen molar-refractivity contribution < 1.29 is 9.53 Å². The van der Waals surface area contributed by atoms with Crippen LogP contribution in [0, 0.1) is 0 Å². The van der Waals surface area contributed by atoms with Crippen molar-refractivity contribution in [2.45, 2.75) is 0 Å². The zero-order valence-electron chi connectivity index (χ0n) is 9.28. The monoisotopic (exact) mass is 205 g/mol. The van der Waals surface area contributed by atoms with E-state index < -0.39 is 5.97 Å². The first-order valence-corrected chi connectivity index (χ1v) is 4.61. The summed E-state index contributed by atoms with van der Waals surface area (Å²) in [5.74, 6) is -0.397. The molecule has 0 atom stereocenters. The Morgan fingerprint density at radius 2 is 2.07 bits per heavy atom. The lowest BCUT2D eigenvalue weighted by Crippen LogP contribution is -2.09. The Hall–Kier alpha value is -1.77. The summed E-state index contributed by atoms with van der Waals surface area (Å²) in [6.45, 7) is 3.70. The van der Waals surface area contributed by atoms with Crippen LogP contribution in [0.5, 0.6) is 0 Å². The van der Waals surface area contributed by atoms with Gasteiger partial charge in [-0.15, -0.1) is 0 Å². The van der Waals surface area contributed by atoms with Crippen LogP contribution in [0.3, 0.4) is 0 Å². The molecule has 0 aliphatic carbocycles. The molecule has 0 bridgehead atoms. The van der Waals surface area contributed by atoms with Gasteiger partial charge >= 0.3 is 5.97 Å². The predicted octanol–water partition coefficient (Wildman–Crippen LogP) is 1.94. The van der Waals surface area contributed by atoms with Gasteiger partial charge in [0.05, 0.1) is 12.7 Å². The Kier molecular flexibility index (Phi) is 3.50. The lowest BCUT2D eigenvalue weighted by Gasteiger charge is -2.13. The predicted molar refractivity (Wildman–Crippen MR) is 61.8 cm³/mol. The first-order valence-electron chi connectivity index (χ1n) is 4.61. The summed E-state index contributed by atoms with van der Waals surface area (Å²) in [5, 5.41) is 0. The number of benzene rings is 1. The second-order valence-electron chi connectivity index (χ2n) is 3.41. The molecule has 15 heavy (non-hydrogen) atoms. The van der Waals surface area contributed by atoms with Crippen molar-refractivity contribution in [1.82, 2.24) is 0 Å². The molecule has 0 saturated heterocycles. The Bertz CT molecular complexity index is 383. The van der Waals surface area contributed by atoms with Crippen LogP contribution in [0.4, 0.5) is 5.69 Å². The lowest BCUT2D eigenvalue weighted by molar-refractivity contribution is -0.133. The maximum absolute atomic E-state index is 11.3. The molecule has 3 heteroatoms. The van der Waals surface area contributed by atoms with Gasteiger partial charge in [-0.1, -0.05) is 18.7 Å². The van der Waals surface area contributed by atoms with Crippen molar-refractivity contribution in [3.8, 4) is 0 Å². The van der Waals surface area contributed by atoms with Crippen molar-refractivity contribution in [2.24, 2.45) is 0 Å². The third kappa shape index (κ3) is 2.59. The number of hydrogen-bond acceptors (Lipinski definition) is 3. The number of nitrogens with zero attached hydrogens (tertiary/aromatic N) is 1. The van der Waals surface area contributed by atoms with Gasteiger partial charge in [0.2, 0.25) is 0 Å². The van der Waals surface area contributed by atoms with Gasteiger partial charge in [-0.3, -0.25) is 0 Å². The van der Waals surface area contributed by atoms with E-state index in [4.69, 9.17) is 0 Å². The normalized spacial score (nSPS) is 9.53. The van der Waals surface area contributed by atoms with Gasteiger partial charge in [0.15, 0.2) is 0 Å². The second kappa shape index (κ2) is 4.64. The maximum Gasteiger partial charge on any atom is 0.337 e. The van der Waals surface area contributed by atoms with Crippen molar-refractivity contribution in [2.75, 3.05) is 26.1 Å². The largest absolute Gasteiger partial charge is 0.465 e. The Morgan fingerprint density at radius 3 is 2.60 bits per heavy atom. The van der Waals surface area contributed by atoms with Gasteiger partial charge in [-0.25, -0.2) is 4.79 Å². The van der Waals surface area contributed by atoms with Crippen LogP contribution in [0.15, 0.2) is 30.8 Å². The fraction of sp³-hybridized carbons (Fsp3) is 0.250. The van der Waals surface area contributed by atoms with Crippen LogP contribution in [0.2, 0.25) is 0 Å². The molecule has 0 radical (unpaired) electrons. The van der Waals surface area contributed by atoms with E-state index >= 15 is 0 Å². The Morgan fingerprint density at radius 1 is 1.40 bits per heavy atom. The lowest BCUT2D eigenvalue weighted by atomic mass is 10.1. The Labute approximate surface area is 90.0 Å². The van der Waals surface area contributed by atoms with Crippen LogP contribution < -0.4 is 4.90 Å². The van der Waals surface area contributed by atoms with E-state index in [2.05, 4.69) is 11.3 Å². The molecule has 0 aliphatic heterocycles. The first-order chi connectivity index (χ1) is 7.06. The number of methoxy groups -OCH3 is 1. The number of rotatable bonds is 3. The van der Waals surface area contributed by atoms with Gasteiger partial charge in [0.1, 0.15) is 0 Å². The summed E-state index contributed by atoms with van der Waals surface area (Å²) in [6.07, 6.45) is 0. The smallest absolute Gasteiger partial charge is 0.337 e. The second-order valence-corrected chi connectivity index (χ2v) is 3.41. The molecule has 0 saturated carbocycles. The summed E-state index contributed by atoms with van der Waals surface area (Å²) in [7, 11) is 5.24. The minimum Gasteiger partial charge on any atom is -0.465 e. The third-order valence-corrected chi connectivity index (χ3v) is 2.14. The van der Waals surface area contributed by atoms with Gasteiger partial charge in [-0.05, 0) is 17.7 Å². The van der Waals surface area contributed by atoms with Crippen molar-refractivity contribution in [1.29, 1.82) is 0 Å². The molecule has 0 unspecified atom stereocenters. The number of hydrogen-bond donors (Lipinski definition) is 0. The van der Waals surface area contributed by atoms with E-state index in [1.807, 2.05) is 43.3 Å². The average molecular weight is 205 g/mol. The molecule has 0 N–H and O–H groups in total. The van der Waals surface area contributed by atoms with E-state index in [1.165, 1.54) is 7.11 Å². The molecule has 0 heterocycles. The molecular weight excluding hydrogens is 190 g/mol. The summed E-state index contributed by atoms with van der Waals surface area (Å²) in [6, 6.07) is 7.60. The first kappa shape index (κ1) is 11.3. The number of anilines is 1. The van der Waals surface area contributed by atoms with Crippen LogP contribution in [0.25, 0.3) is 5.57 Å². The number of esters is 1. The van der Waals surface area contributed by atoms with Crippen LogP contribution in [-0.4, -0.2) is 27.2 Å². The van der Waals surface area contributed by atoms with E-state index in [-0.39, 0.29) is 0 Å². The molecule has 0 aromatic heterocycles. The van der Waals surface area contributed by atoms with Crippen molar-refractivity contribution >= 4 is 17.2 Å². The van der Waals surface area contributed by atoms with Gasteiger partial charge in [0, 0.05) is 19.8 Å². The van der Waals surface area contributed by atoms with E-state index in [0.29, 0.717) is 5.57 Å². The minimum absolute atomic E-state index is 0.376. The summed E-state index contributed by atoms with van der Waals surface area (Å²) in [4.78, 5) is 13.2. The van der Waals surface area contributed by atoms with E-state index in [9.17, 15) is 4.79 Å². The molecular formula is C12H15NO2. The summed E-state index contributed by atoms with van der Waals surface area (Å²) >= 11 is 0. The topological polar surface area (TPSA) is 29.5 Å². The number of carbonyl (C=O) groups is 1. The van der Waals surface area contributed by atoms with E-state index in [0.717, 1.165) is 11.3 Å². The average Bonchev–Trinajstić information content (AvgIpc) is 2.27. The van der Waals surface area contributed by atoms with Crippen molar-refractivity contribution in [3.05, 3.63) is 36.4 Å². The van der Waals surface area contributed by atoms with Crippen LogP contribution in [0.1, 0.15) is 5.56 Å². The highest BCUT2D eigenvalue weighted by molar-refractivity contribution is 6.15. The number of carbonyl (C=O) groups excluding carboxylic acids is 1. The van der Waals surface area contributed by atoms with Crippen molar-refractivity contribution in [3.63, 3.8) is 0 Å². The quantitative estimate of drug-likeness (QED) is 0.558. The SMILES string of the molecule is C=C(C(=O)OC)c1cccc(N(C)C)c1. The highest BCUT2D eigenvalue weighted by atomic mass is 16.5. The molecule has 0 amide bonds. The van der Waals surface area contributed by atoms with Crippen LogP contribution >= 0.6 is 0 Å². The highest BCUT2D eigenvalue weighted by Crippen LogP contribution is 2.19. The van der Waals surface area contributed by atoms with Gasteiger partial charge in [-0.2, -0.15) is 0 Å². The molecule has 80 valence electrons. The highest BCUT2D eigenvalue weighted by Gasteiger charge is 2.09. The third-order valence-electron chi connectivity index (χ3n) is 2.14. The van der Waals surface area contributed by atoms with Gasteiger partial charge in [0.25, 0.3) is 0 Å². The molecule has 0 fully saturated rings. The fourth-order valence-corrected chi connectivity index (χ4v) is 1.21. The molecule has 1 aromatic carbocycles. The zero-order valence-corrected chi connectivity index (χ0v) is 9.28. The summed E-state index contributed by atoms with van der Waals surface area (Å²) < 4.78 is 4.61. The Balaban J connectivity index is 3.00. The fourth-order valence-electron chi connectivity index (χ4n) is 1.21. The van der Waals surface area contributed by atoms with Gasteiger partial charge < -0.3 is 9.64 Å². The zero-order chi connectivity index (χ0) is 11.4. The molecule has 0 aliphatic rings. The standard InChI is InChI=1S/C12H15NO2/c1-9(12(14)15-4)10-6-5-7-11(8-10)13(2)3/h5-8H,1H2,2-4H3. The minimum atomic E-state index is -0.397. The molecule has 0 spiro atoms. The summed E-state index contributed by atoms with van der Waals surface area (Å²) in [5.41, 5.74) is 2.19. The van der Waals surface area contributed by atoms with E-state index in [1.54, 1.807) is 0 Å². The molecule has 1 aromatic rings. The maximum atomic E-state index is 11.3.